The van der Waals surface area contributed by atoms with Crippen LogP contribution in [0.4, 0.5) is 0 Å². The van der Waals surface area contributed by atoms with Crippen LogP contribution in [0.3, 0.4) is 0 Å². The number of aliphatic hydroxyl groups excluding tert-OH is 1. The van der Waals surface area contributed by atoms with Crippen molar-refractivity contribution in [2.45, 2.75) is 40.2 Å². The van der Waals surface area contributed by atoms with Gasteiger partial charge in [0.25, 0.3) is 0 Å². The van der Waals surface area contributed by atoms with Gasteiger partial charge in [-0.1, -0.05) is 13.8 Å². The third-order valence-corrected chi connectivity index (χ3v) is 3.08. The van der Waals surface area contributed by atoms with Crippen molar-refractivity contribution in [1.82, 2.24) is 10.3 Å². The third-order valence-electron chi connectivity index (χ3n) is 3.08. The van der Waals surface area contributed by atoms with Crippen molar-refractivity contribution in [3.05, 3.63) is 29.6 Å². The molecular weight excluding hydrogens is 212 g/mol. The second kappa shape index (κ2) is 6.72. The molecule has 1 rings (SSSR count). The van der Waals surface area contributed by atoms with Gasteiger partial charge in [-0.25, -0.2) is 0 Å². The summed E-state index contributed by atoms with van der Waals surface area (Å²) in [4.78, 5) is 4.14. The molecule has 0 aromatic carbocycles. The van der Waals surface area contributed by atoms with E-state index in [1.165, 1.54) is 11.1 Å². The molecule has 3 heteroatoms. The van der Waals surface area contributed by atoms with Crippen LogP contribution in [0.1, 0.15) is 37.8 Å². The predicted molar refractivity (Wildman–Crippen MR) is 70.8 cm³/mol. The van der Waals surface area contributed by atoms with Gasteiger partial charge in [0.2, 0.25) is 0 Å². The zero-order valence-corrected chi connectivity index (χ0v) is 11.2. The van der Waals surface area contributed by atoms with Gasteiger partial charge in [-0.2, -0.15) is 0 Å². The van der Waals surface area contributed by atoms with Crippen LogP contribution in [0.2, 0.25) is 0 Å². The highest BCUT2D eigenvalue weighted by Crippen LogP contribution is 2.20. The Morgan fingerprint density at radius 1 is 1.41 bits per heavy atom. The van der Waals surface area contributed by atoms with E-state index < -0.39 is 0 Å². The van der Waals surface area contributed by atoms with Gasteiger partial charge >= 0.3 is 0 Å². The number of nitrogens with one attached hydrogen (secondary N) is 1. The Labute approximate surface area is 104 Å². The minimum absolute atomic E-state index is 0.235. The Bertz CT molecular complexity index is 337. The number of nitrogens with zero attached hydrogens (tertiary/aromatic N) is 1. The Hall–Kier alpha value is -0.930. The van der Waals surface area contributed by atoms with Gasteiger partial charge in [-0.3, -0.25) is 4.98 Å². The molecule has 0 amide bonds. The first-order valence-corrected chi connectivity index (χ1v) is 6.26. The molecule has 0 aliphatic rings. The van der Waals surface area contributed by atoms with Crippen LogP contribution in [0.5, 0.6) is 0 Å². The number of hydrogen-bond donors (Lipinski definition) is 2. The highest BCUT2D eigenvalue weighted by atomic mass is 16.2. The number of pyridine rings is 1. The summed E-state index contributed by atoms with van der Waals surface area (Å²) >= 11 is 0. The van der Waals surface area contributed by atoms with Crippen LogP contribution in [0, 0.1) is 12.3 Å². The van der Waals surface area contributed by atoms with Crippen LogP contribution in [0.15, 0.2) is 18.5 Å². The summed E-state index contributed by atoms with van der Waals surface area (Å²) < 4.78 is 0. The highest BCUT2D eigenvalue weighted by molar-refractivity contribution is 5.20. The summed E-state index contributed by atoms with van der Waals surface area (Å²) in [5.41, 5.74) is 2.77. The zero-order chi connectivity index (χ0) is 12.7. The van der Waals surface area contributed by atoms with E-state index in [0.717, 1.165) is 25.9 Å². The summed E-state index contributed by atoms with van der Waals surface area (Å²) in [5, 5.41) is 12.3. The monoisotopic (exact) mass is 236 g/mol. The number of hydrogen-bond acceptors (Lipinski definition) is 3. The van der Waals surface area contributed by atoms with E-state index >= 15 is 0 Å². The smallest absolute Gasteiger partial charge is 0.0431 e. The maximum absolute atomic E-state index is 8.84. The molecule has 0 saturated carbocycles. The number of aliphatic hydroxyl groups is 1. The Morgan fingerprint density at radius 3 is 2.82 bits per heavy atom. The number of rotatable bonds is 7. The molecule has 3 nitrogen and oxygen atoms in total. The minimum Gasteiger partial charge on any atom is -0.396 e. The summed E-state index contributed by atoms with van der Waals surface area (Å²) in [6.07, 6.45) is 5.66. The Balaban J connectivity index is 2.35. The SMILES string of the molecule is Cc1ccncc1CNCC(C)(C)CCCO. The van der Waals surface area contributed by atoms with E-state index in [1.54, 1.807) is 0 Å². The van der Waals surface area contributed by atoms with Crippen LogP contribution in [-0.4, -0.2) is 23.2 Å². The molecule has 1 aromatic rings. The van der Waals surface area contributed by atoms with Gasteiger partial charge in [0.15, 0.2) is 0 Å². The molecule has 0 unspecified atom stereocenters. The molecule has 1 heterocycles. The largest absolute Gasteiger partial charge is 0.396 e. The summed E-state index contributed by atoms with van der Waals surface area (Å²) in [6, 6.07) is 2.04. The van der Waals surface area contributed by atoms with Crippen LogP contribution >= 0.6 is 0 Å². The lowest BCUT2D eigenvalue weighted by Gasteiger charge is -2.24. The van der Waals surface area contributed by atoms with E-state index in [2.05, 4.69) is 31.1 Å². The second-order valence-electron chi connectivity index (χ2n) is 5.40. The average molecular weight is 236 g/mol. The molecule has 0 spiro atoms. The molecule has 17 heavy (non-hydrogen) atoms. The van der Waals surface area contributed by atoms with Crippen molar-refractivity contribution < 1.29 is 5.11 Å². The quantitative estimate of drug-likeness (QED) is 0.763. The van der Waals surface area contributed by atoms with Gasteiger partial charge in [-0.15, -0.1) is 0 Å². The van der Waals surface area contributed by atoms with Crippen LogP contribution < -0.4 is 5.32 Å². The van der Waals surface area contributed by atoms with Crippen molar-refractivity contribution in [1.29, 1.82) is 0 Å². The van der Waals surface area contributed by atoms with E-state index in [0.29, 0.717) is 0 Å². The molecule has 0 aliphatic carbocycles. The summed E-state index contributed by atoms with van der Waals surface area (Å²) in [7, 11) is 0. The molecule has 0 atom stereocenters. The van der Waals surface area contributed by atoms with Gasteiger partial charge in [0.05, 0.1) is 0 Å². The molecule has 0 radical (unpaired) electrons. The molecule has 2 N–H and O–H groups in total. The first-order valence-electron chi connectivity index (χ1n) is 6.26. The van der Waals surface area contributed by atoms with E-state index in [4.69, 9.17) is 5.11 Å². The molecule has 0 aliphatic heterocycles. The molecule has 1 aromatic heterocycles. The first kappa shape index (κ1) is 14.1. The normalized spacial score (nSPS) is 11.8. The molecular formula is C14H24N2O. The molecule has 0 saturated heterocycles. The summed E-state index contributed by atoms with van der Waals surface area (Å²) in [5.74, 6) is 0. The highest BCUT2D eigenvalue weighted by Gasteiger charge is 2.16. The lowest BCUT2D eigenvalue weighted by Crippen LogP contribution is -2.29. The van der Waals surface area contributed by atoms with Crippen molar-refractivity contribution in [3.8, 4) is 0 Å². The topological polar surface area (TPSA) is 45.2 Å². The fourth-order valence-corrected chi connectivity index (χ4v) is 1.86. The van der Waals surface area contributed by atoms with Crippen molar-refractivity contribution in [2.75, 3.05) is 13.2 Å². The first-order chi connectivity index (χ1) is 8.05. The molecule has 0 bridgehead atoms. The van der Waals surface area contributed by atoms with Gasteiger partial charge in [0.1, 0.15) is 0 Å². The lowest BCUT2D eigenvalue weighted by molar-refractivity contribution is 0.236. The fraction of sp³-hybridized carbons (Fsp3) is 0.643. The fourth-order valence-electron chi connectivity index (χ4n) is 1.86. The maximum Gasteiger partial charge on any atom is 0.0431 e. The van der Waals surface area contributed by atoms with Crippen LogP contribution in [-0.2, 0) is 6.54 Å². The standard InChI is InChI=1S/C14H24N2O/c1-12-5-7-15-9-13(12)10-16-11-14(2,3)6-4-8-17/h5,7,9,16-17H,4,6,8,10-11H2,1-3H3. The maximum atomic E-state index is 8.84. The Kier molecular flexibility index (Phi) is 5.59. The Morgan fingerprint density at radius 2 is 2.18 bits per heavy atom. The zero-order valence-electron chi connectivity index (χ0n) is 11.2. The van der Waals surface area contributed by atoms with Crippen molar-refractivity contribution in [3.63, 3.8) is 0 Å². The van der Waals surface area contributed by atoms with Gasteiger partial charge in [0, 0.05) is 32.1 Å². The second-order valence-corrected chi connectivity index (χ2v) is 5.40. The number of aromatic nitrogens is 1. The lowest BCUT2D eigenvalue weighted by atomic mass is 9.88. The third kappa shape index (κ3) is 5.29. The predicted octanol–water partition coefficient (Wildman–Crippen LogP) is 2.28. The van der Waals surface area contributed by atoms with E-state index in [1.807, 2.05) is 18.5 Å². The molecule has 0 fully saturated rings. The van der Waals surface area contributed by atoms with Crippen LogP contribution in [0.25, 0.3) is 0 Å². The minimum atomic E-state index is 0.235. The van der Waals surface area contributed by atoms with Crippen molar-refractivity contribution in [2.24, 2.45) is 5.41 Å². The molecule has 96 valence electrons. The number of aryl methyl sites for hydroxylation is 1. The van der Waals surface area contributed by atoms with Gasteiger partial charge in [-0.05, 0) is 42.4 Å². The van der Waals surface area contributed by atoms with Crippen molar-refractivity contribution >= 4 is 0 Å². The summed E-state index contributed by atoms with van der Waals surface area (Å²) in [6.45, 7) is 8.67. The van der Waals surface area contributed by atoms with E-state index in [-0.39, 0.29) is 12.0 Å². The average Bonchev–Trinajstić information content (AvgIpc) is 2.29. The van der Waals surface area contributed by atoms with E-state index in [9.17, 15) is 0 Å². The van der Waals surface area contributed by atoms with Gasteiger partial charge < -0.3 is 10.4 Å².